The molecule has 14 heteroatoms. The second kappa shape index (κ2) is 12.2. The molecule has 0 bridgehead atoms. The summed E-state index contributed by atoms with van der Waals surface area (Å²) in [5, 5.41) is 5.26. The van der Waals surface area contributed by atoms with Crippen LogP contribution in [0.1, 0.15) is 69.8 Å². The zero-order valence-corrected chi connectivity index (χ0v) is 21.3. The lowest BCUT2D eigenvalue weighted by Gasteiger charge is -2.10. The zero-order valence-electron chi connectivity index (χ0n) is 19.7. The molecule has 0 saturated carbocycles. The fourth-order valence-corrected chi connectivity index (χ4v) is 4.23. The Morgan fingerprint density at radius 2 is 1.84 bits per heavy atom. The molecule has 3 rings (SSSR count). The van der Waals surface area contributed by atoms with Gasteiger partial charge in [0.05, 0.1) is 21.8 Å². The summed E-state index contributed by atoms with van der Waals surface area (Å²) in [6.07, 6.45) is -0.196. The Hall–Kier alpha value is -3.45. The van der Waals surface area contributed by atoms with Crippen molar-refractivity contribution in [2.45, 2.75) is 45.2 Å². The highest BCUT2D eigenvalue weighted by atomic mass is 35.5. The van der Waals surface area contributed by atoms with E-state index in [0.717, 1.165) is 17.5 Å². The van der Waals surface area contributed by atoms with E-state index in [-0.39, 0.29) is 40.3 Å². The summed E-state index contributed by atoms with van der Waals surface area (Å²) >= 11 is 6.57. The third-order valence-corrected chi connectivity index (χ3v) is 6.56. The maximum atomic E-state index is 13.0. The summed E-state index contributed by atoms with van der Waals surface area (Å²) < 4.78 is 39.1. The van der Waals surface area contributed by atoms with Gasteiger partial charge in [0.15, 0.2) is 5.78 Å². The van der Waals surface area contributed by atoms with Crippen molar-refractivity contribution in [3.8, 4) is 0 Å². The number of anilines is 2. The molecular weight excluding hydrogens is 533 g/mol. The molecule has 0 fully saturated rings. The van der Waals surface area contributed by atoms with Gasteiger partial charge < -0.3 is 15.4 Å². The third kappa shape index (κ3) is 8.02. The molecule has 0 aliphatic rings. The number of halogens is 4. The Morgan fingerprint density at radius 1 is 1.08 bits per heavy atom. The van der Waals surface area contributed by atoms with Gasteiger partial charge in [0.25, 0.3) is 5.91 Å². The summed E-state index contributed by atoms with van der Waals surface area (Å²) in [6.45, 7) is 3.80. The minimum atomic E-state index is -4.70. The van der Waals surface area contributed by atoms with Crippen LogP contribution in [-0.2, 0) is 11.0 Å². The van der Waals surface area contributed by atoms with Crippen molar-refractivity contribution in [1.29, 1.82) is 0 Å². The molecule has 0 aliphatic carbocycles. The molecule has 0 spiro atoms. The van der Waals surface area contributed by atoms with E-state index in [1.165, 1.54) is 25.5 Å². The second-order valence-corrected chi connectivity index (χ2v) is 9.58. The molecule has 1 atom stereocenters. The van der Waals surface area contributed by atoms with Crippen molar-refractivity contribution < 1.29 is 27.6 Å². The van der Waals surface area contributed by atoms with Crippen LogP contribution in [0.25, 0.3) is 0 Å². The van der Waals surface area contributed by atoms with E-state index in [9.17, 15) is 27.6 Å². The maximum absolute atomic E-state index is 13.0. The van der Waals surface area contributed by atoms with Gasteiger partial charge in [-0.25, -0.2) is 19.9 Å². The molecule has 9 nitrogen and oxygen atoms in total. The number of carbonyl (C=O) groups excluding carboxylic acids is 3. The number of carbonyl (C=O) groups is 3. The lowest BCUT2D eigenvalue weighted by Crippen LogP contribution is -2.13. The Morgan fingerprint density at radius 3 is 2.54 bits per heavy atom. The molecule has 0 aliphatic heterocycles. The van der Waals surface area contributed by atoms with Crippen molar-refractivity contribution in [1.82, 2.24) is 19.9 Å². The molecule has 1 unspecified atom stereocenters. The van der Waals surface area contributed by atoms with Gasteiger partial charge in [-0.3, -0.25) is 9.59 Å². The SMILES string of the molecule is CC(=O)CCCNc1cc(C(=O)CC(C)c2ncc(C(=O)Nc3cc(C(F)(F)F)c(Cl)cn3)s2)ncn1. The van der Waals surface area contributed by atoms with Gasteiger partial charge in [-0.2, -0.15) is 13.2 Å². The highest BCUT2D eigenvalue weighted by Crippen LogP contribution is 2.35. The summed E-state index contributed by atoms with van der Waals surface area (Å²) in [7, 11) is 0. The number of pyridine rings is 1. The predicted octanol–water partition coefficient (Wildman–Crippen LogP) is 5.41. The fourth-order valence-electron chi connectivity index (χ4n) is 3.15. The van der Waals surface area contributed by atoms with E-state index in [4.69, 9.17) is 11.6 Å². The van der Waals surface area contributed by atoms with Gasteiger partial charge in [-0.15, -0.1) is 11.3 Å². The van der Waals surface area contributed by atoms with Crippen LogP contribution in [0.4, 0.5) is 24.8 Å². The van der Waals surface area contributed by atoms with Crippen LogP contribution >= 0.6 is 22.9 Å². The molecule has 0 aromatic carbocycles. The summed E-state index contributed by atoms with van der Waals surface area (Å²) in [5.41, 5.74) is -0.907. The molecule has 2 N–H and O–H groups in total. The van der Waals surface area contributed by atoms with Crippen LogP contribution in [-0.4, -0.2) is 44.0 Å². The number of nitrogens with zero attached hydrogens (tertiary/aromatic N) is 4. The van der Waals surface area contributed by atoms with Crippen molar-refractivity contribution >= 4 is 52.0 Å². The van der Waals surface area contributed by atoms with Gasteiger partial charge >= 0.3 is 6.18 Å². The van der Waals surface area contributed by atoms with Gasteiger partial charge in [-0.1, -0.05) is 18.5 Å². The third-order valence-electron chi connectivity index (χ3n) is 5.03. The lowest BCUT2D eigenvalue weighted by molar-refractivity contribution is -0.137. The number of amides is 1. The molecule has 196 valence electrons. The van der Waals surface area contributed by atoms with E-state index < -0.39 is 22.7 Å². The monoisotopic (exact) mass is 554 g/mol. The summed E-state index contributed by atoms with van der Waals surface area (Å²) in [5.74, 6) is -1.06. The first-order valence-electron chi connectivity index (χ1n) is 11.0. The highest BCUT2D eigenvalue weighted by Gasteiger charge is 2.34. The number of nitrogens with one attached hydrogen (secondary N) is 2. The van der Waals surface area contributed by atoms with Crippen LogP contribution in [0.15, 0.2) is 30.9 Å². The molecule has 3 aromatic heterocycles. The number of hydrogen-bond donors (Lipinski definition) is 2. The predicted molar refractivity (Wildman–Crippen MR) is 132 cm³/mol. The van der Waals surface area contributed by atoms with E-state index in [1.807, 2.05) is 0 Å². The van der Waals surface area contributed by atoms with Gasteiger partial charge in [0, 0.05) is 37.6 Å². The number of alkyl halides is 3. The highest BCUT2D eigenvalue weighted by molar-refractivity contribution is 7.13. The van der Waals surface area contributed by atoms with Gasteiger partial charge in [-0.05, 0) is 19.4 Å². The van der Waals surface area contributed by atoms with Crippen LogP contribution in [0, 0.1) is 0 Å². The Kier molecular flexibility index (Phi) is 9.27. The zero-order chi connectivity index (χ0) is 27.2. The van der Waals surface area contributed by atoms with E-state index in [0.29, 0.717) is 36.3 Å². The Bertz CT molecular complexity index is 1300. The topological polar surface area (TPSA) is 127 Å². The molecule has 1 amide bonds. The molecule has 0 radical (unpaired) electrons. The average Bonchev–Trinajstić information content (AvgIpc) is 3.33. The Balaban J connectivity index is 1.60. The van der Waals surface area contributed by atoms with Gasteiger partial charge in [0.1, 0.15) is 34.3 Å². The average molecular weight is 555 g/mol. The number of thiazole rings is 1. The Labute approximate surface area is 218 Å². The van der Waals surface area contributed by atoms with Crippen molar-refractivity contribution in [2.24, 2.45) is 0 Å². The largest absolute Gasteiger partial charge is 0.418 e. The normalized spacial score (nSPS) is 12.2. The molecule has 37 heavy (non-hydrogen) atoms. The van der Waals surface area contributed by atoms with Crippen molar-refractivity contribution in [3.05, 3.63) is 57.0 Å². The first-order valence-corrected chi connectivity index (χ1v) is 12.2. The minimum absolute atomic E-state index is 0.0586. The fraction of sp³-hybridized carbons (Fsp3) is 0.348. The standard InChI is InChI=1S/C23H22ClF3N6O3S/c1-12(6-17(35)16-8-19(32-11-31-16)28-5-3-4-13(2)34)22-30-10-18(37-22)21(36)33-20-7-14(23(25,26)27)15(24)9-29-20/h7-12H,3-6H2,1-2H3,(H,28,31,32)(H,29,33,36). The number of Topliss-reactive ketones (excluding diaryl/α,β-unsaturated/α-hetero) is 2. The first kappa shape index (κ1) is 28.1. The number of ketones is 2. The van der Waals surface area contributed by atoms with Crippen molar-refractivity contribution in [3.63, 3.8) is 0 Å². The van der Waals surface area contributed by atoms with Crippen LogP contribution in [0.2, 0.25) is 5.02 Å². The summed E-state index contributed by atoms with van der Waals surface area (Å²) in [4.78, 5) is 52.4. The van der Waals surface area contributed by atoms with Crippen molar-refractivity contribution in [2.75, 3.05) is 17.2 Å². The molecular formula is C23H22ClF3N6O3S. The molecule has 3 heterocycles. The summed E-state index contributed by atoms with van der Waals surface area (Å²) in [6, 6.07) is 2.18. The van der Waals surface area contributed by atoms with Crippen LogP contribution in [0.3, 0.4) is 0 Å². The van der Waals surface area contributed by atoms with Crippen LogP contribution in [0.5, 0.6) is 0 Å². The minimum Gasteiger partial charge on any atom is -0.370 e. The first-order chi connectivity index (χ1) is 17.4. The van der Waals surface area contributed by atoms with E-state index in [1.54, 1.807) is 6.92 Å². The number of rotatable bonds is 11. The molecule has 0 saturated heterocycles. The molecule has 3 aromatic rings. The quantitative estimate of drug-likeness (QED) is 0.238. The number of hydrogen-bond acceptors (Lipinski definition) is 9. The van der Waals surface area contributed by atoms with Gasteiger partial charge in [0.2, 0.25) is 0 Å². The smallest absolute Gasteiger partial charge is 0.370 e. The van der Waals surface area contributed by atoms with Crippen LogP contribution < -0.4 is 10.6 Å². The maximum Gasteiger partial charge on any atom is 0.418 e. The van der Waals surface area contributed by atoms with E-state index in [2.05, 4.69) is 30.6 Å². The second-order valence-electron chi connectivity index (χ2n) is 8.11. The van der Waals surface area contributed by atoms with E-state index >= 15 is 0 Å². The number of aromatic nitrogens is 4. The lowest BCUT2D eigenvalue weighted by atomic mass is 10.0.